The molecule has 0 aliphatic heterocycles. The van der Waals surface area contributed by atoms with Gasteiger partial charge in [-0.15, -0.1) is 0 Å². The van der Waals surface area contributed by atoms with Crippen LogP contribution in [0.4, 0.5) is 0 Å². The molecule has 0 unspecified atom stereocenters. The van der Waals surface area contributed by atoms with Gasteiger partial charge in [-0.2, -0.15) is 9.97 Å². The van der Waals surface area contributed by atoms with Crippen molar-refractivity contribution in [2.45, 2.75) is 6.54 Å². The topological polar surface area (TPSA) is 112 Å². The molecular formula is C20H16N4O5. The molecule has 0 spiro atoms. The third-order valence-electron chi connectivity index (χ3n) is 3.93. The lowest BCUT2D eigenvalue weighted by atomic mass is 10.2. The Morgan fingerprint density at radius 2 is 2.07 bits per heavy atom. The Balaban J connectivity index is 1.60. The molecule has 0 aliphatic rings. The van der Waals surface area contributed by atoms with Gasteiger partial charge >= 0.3 is 12.0 Å². The van der Waals surface area contributed by atoms with E-state index in [1.54, 1.807) is 48.9 Å². The summed E-state index contributed by atoms with van der Waals surface area (Å²) in [5, 5.41) is 9.35. The van der Waals surface area contributed by atoms with Crippen LogP contribution in [-0.2, 0) is 6.54 Å². The molecule has 4 aromatic rings. The molecule has 0 radical (unpaired) electrons. The Hall–Kier alpha value is -4.14. The summed E-state index contributed by atoms with van der Waals surface area (Å²) in [7, 11) is 0. The number of hydrogen-bond acceptors (Lipinski definition) is 7. The van der Waals surface area contributed by atoms with Crippen molar-refractivity contribution in [3.63, 3.8) is 0 Å². The van der Waals surface area contributed by atoms with E-state index >= 15 is 0 Å². The van der Waals surface area contributed by atoms with Crippen molar-refractivity contribution in [3.8, 4) is 29.1 Å². The lowest BCUT2D eigenvalue weighted by Crippen LogP contribution is -2.09. The molecule has 4 rings (SSSR count). The number of carboxylic acids is 1. The zero-order valence-corrected chi connectivity index (χ0v) is 15.1. The minimum absolute atomic E-state index is 0.0215. The van der Waals surface area contributed by atoms with Crippen LogP contribution in [0.5, 0.6) is 17.6 Å². The highest BCUT2D eigenvalue weighted by atomic mass is 16.5. The Bertz CT molecular complexity index is 1090. The van der Waals surface area contributed by atoms with Gasteiger partial charge in [0.05, 0.1) is 19.1 Å². The highest BCUT2D eigenvalue weighted by molar-refractivity contribution is 5.90. The third-order valence-corrected chi connectivity index (χ3v) is 3.93. The summed E-state index contributed by atoms with van der Waals surface area (Å²) < 4.78 is 18.7. The smallest absolute Gasteiger partial charge is 0.339 e. The molecule has 3 heterocycles. The number of carboxylic acid groups (broad SMARTS) is 1. The van der Waals surface area contributed by atoms with Crippen molar-refractivity contribution < 1.29 is 23.8 Å². The Morgan fingerprint density at radius 3 is 2.83 bits per heavy atom. The Morgan fingerprint density at radius 1 is 1.17 bits per heavy atom. The van der Waals surface area contributed by atoms with Crippen molar-refractivity contribution in [1.29, 1.82) is 0 Å². The molecular weight excluding hydrogens is 376 g/mol. The number of rotatable bonds is 8. The maximum absolute atomic E-state index is 11.4. The minimum atomic E-state index is -1.10. The van der Waals surface area contributed by atoms with E-state index in [9.17, 15) is 9.90 Å². The predicted octanol–water partition coefficient (Wildman–Crippen LogP) is 3.50. The lowest BCUT2D eigenvalue weighted by Gasteiger charge is -2.11. The van der Waals surface area contributed by atoms with Crippen LogP contribution in [0.25, 0.3) is 11.5 Å². The molecule has 0 atom stereocenters. The molecule has 3 aromatic heterocycles. The molecule has 1 aromatic carbocycles. The summed E-state index contributed by atoms with van der Waals surface area (Å²) in [5.74, 6) is -0.299. The Kier molecular flexibility index (Phi) is 5.19. The quantitative estimate of drug-likeness (QED) is 0.485. The minimum Gasteiger partial charge on any atom is -0.478 e. The van der Waals surface area contributed by atoms with Crippen LogP contribution in [0.15, 0.2) is 71.9 Å². The van der Waals surface area contributed by atoms with E-state index in [2.05, 4.69) is 15.0 Å². The number of para-hydroxylation sites is 1. The van der Waals surface area contributed by atoms with Gasteiger partial charge in [-0.1, -0.05) is 12.1 Å². The molecule has 0 amide bonds. The summed E-state index contributed by atoms with van der Waals surface area (Å²) in [6.45, 7) is 0.871. The number of aromatic nitrogens is 4. The fourth-order valence-electron chi connectivity index (χ4n) is 2.58. The first-order valence-corrected chi connectivity index (χ1v) is 8.71. The number of hydrogen-bond donors (Lipinski definition) is 1. The molecule has 0 fully saturated rings. The van der Waals surface area contributed by atoms with E-state index in [0.29, 0.717) is 24.6 Å². The van der Waals surface area contributed by atoms with Gasteiger partial charge < -0.3 is 23.6 Å². The number of imidazole rings is 1. The fraction of sp³-hybridized carbons (Fsp3) is 0.100. The average molecular weight is 392 g/mol. The van der Waals surface area contributed by atoms with E-state index in [4.69, 9.17) is 13.9 Å². The number of carbonyl (C=O) groups is 1. The summed E-state index contributed by atoms with van der Waals surface area (Å²) in [4.78, 5) is 24.0. The monoisotopic (exact) mass is 392 g/mol. The van der Waals surface area contributed by atoms with E-state index in [1.165, 1.54) is 12.3 Å². The molecule has 1 N–H and O–H groups in total. The van der Waals surface area contributed by atoms with Crippen molar-refractivity contribution in [2.75, 3.05) is 6.61 Å². The zero-order chi connectivity index (χ0) is 20.1. The molecule has 146 valence electrons. The second-order valence-electron chi connectivity index (χ2n) is 5.90. The van der Waals surface area contributed by atoms with Gasteiger partial charge in [0.1, 0.15) is 23.6 Å². The lowest BCUT2D eigenvalue weighted by molar-refractivity contribution is 0.0694. The largest absolute Gasteiger partial charge is 0.478 e. The molecule has 0 saturated heterocycles. The van der Waals surface area contributed by atoms with E-state index in [0.717, 1.165) is 0 Å². The van der Waals surface area contributed by atoms with Crippen LogP contribution >= 0.6 is 0 Å². The normalized spacial score (nSPS) is 10.6. The predicted molar refractivity (Wildman–Crippen MR) is 101 cm³/mol. The van der Waals surface area contributed by atoms with Gasteiger partial charge in [-0.3, -0.25) is 0 Å². The molecule has 9 heteroatoms. The summed E-state index contributed by atoms with van der Waals surface area (Å²) in [5.41, 5.74) is 0.471. The SMILES string of the molecule is O=C(O)c1ccccc1Oc1cc(-c2ccco2)nc(OCCn2ccnc2)n1. The number of nitrogens with zero attached hydrogens (tertiary/aromatic N) is 4. The highest BCUT2D eigenvalue weighted by Gasteiger charge is 2.15. The zero-order valence-electron chi connectivity index (χ0n) is 15.1. The number of aromatic carboxylic acids is 1. The second kappa shape index (κ2) is 8.26. The van der Waals surface area contributed by atoms with Gasteiger partial charge in [-0.05, 0) is 24.3 Å². The van der Waals surface area contributed by atoms with Crippen molar-refractivity contribution >= 4 is 5.97 Å². The standard InChI is InChI=1S/C20H16N4O5/c25-19(26)14-4-1-2-5-16(14)29-18-12-15(17-6-3-10-27-17)22-20(23-18)28-11-9-24-8-7-21-13-24/h1-8,10,12-13H,9,11H2,(H,25,26). The number of benzene rings is 1. The van der Waals surface area contributed by atoms with Crippen LogP contribution in [0.3, 0.4) is 0 Å². The van der Waals surface area contributed by atoms with E-state index in [-0.39, 0.29) is 23.2 Å². The highest BCUT2D eigenvalue weighted by Crippen LogP contribution is 2.29. The van der Waals surface area contributed by atoms with Gasteiger partial charge in [0.2, 0.25) is 5.88 Å². The van der Waals surface area contributed by atoms with Crippen LogP contribution in [0.2, 0.25) is 0 Å². The van der Waals surface area contributed by atoms with Crippen LogP contribution < -0.4 is 9.47 Å². The fourth-order valence-corrected chi connectivity index (χ4v) is 2.58. The molecule has 0 saturated carbocycles. The third kappa shape index (κ3) is 4.41. The van der Waals surface area contributed by atoms with Crippen LogP contribution in [-0.4, -0.2) is 37.2 Å². The van der Waals surface area contributed by atoms with Crippen molar-refractivity contribution in [3.05, 3.63) is 73.0 Å². The first-order valence-electron chi connectivity index (χ1n) is 8.71. The molecule has 0 bridgehead atoms. The molecule has 9 nitrogen and oxygen atoms in total. The van der Waals surface area contributed by atoms with Crippen LogP contribution in [0.1, 0.15) is 10.4 Å². The first-order chi connectivity index (χ1) is 14.2. The van der Waals surface area contributed by atoms with Gasteiger partial charge in [0.25, 0.3) is 0 Å². The van der Waals surface area contributed by atoms with Crippen molar-refractivity contribution in [2.24, 2.45) is 0 Å². The first kappa shape index (κ1) is 18.2. The van der Waals surface area contributed by atoms with Gasteiger partial charge in [0, 0.05) is 18.5 Å². The molecule has 0 aliphatic carbocycles. The second-order valence-corrected chi connectivity index (χ2v) is 5.90. The van der Waals surface area contributed by atoms with Gasteiger partial charge in [-0.25, -0.2) is 9.78 Å². The van der Waals surface area contributed by atoms with E-state index < -0.39 is 5.97 Å². The maximum Gasteiger partial charge on any atom is 0.339 e. The molecule has 29 heavy (non-hydrogen) atoms. The van der Waals surface area contributed by atoms with Gasteiger partial charge in [0.15, 0.2) is 5.76 Å². The Labute approximate surface area is 165 Å². The summed E-state index contributed by atoms with van der Waals surface area (Å²) >= 11 is 0. The number of furan rings is 1. The summed E-state index contributed by atoms with van der Waals surface area (Å²) in [6, 6.07) is 11.4. The maximum atomic E-state index is 11.4. The summed E-state index contributed by atoms with van der Waals surface area (Å²) in [6.07, 6.45) is 6.71. The van der Waals surface area contributed by atoms with Crippen LogP contribution in [0, 0.1) is 0 Å². The van der Waals surface area contributed by atoms with Crippen molar-refractivity contribution in [1.82, 2.24) is 19.5 Å². The average Bonchev–Trinajstić information content (AvgIpc) is 3.42. The van der Waals surface area contributed by atoms with E-state index in [1.807, 2.05) is 10.8 Å². The number of ether oxygens (including phenoxy) is 2.